The van der Waals surface area contributed by atoms with Crippen LogP contribution in [-0.2, 0) is 9.53 Å². The van der Waals surface area contributed by atoms with Gasteiger partial charge in [0.25, 0.3) is 5.91 Å². The number of amides is 3. The summed E-state index contributed by atoms with van der Waals surface area (Å²) in [6.45, 7) is 7.89. The normalized spacial score (nSPS) is 20.6. The summed E-state index contributed by atoms with van der Waals surface area (Å²) in [7, 11) is 1.62. The van der Waals surface area contributed by atoms with Gasteiger partial charge in [-0.1, -0.05) is 29.8 Å². The van der Waals surface area contributed by atoms with Crippen LogP contribution in [0.2, 0.25) is 0 Å². The molecular weight excluding hydrogens is 475 g/mol. The molecule has 4 rings (SSSR count). The smallest absolute Gasteiger partial charge is 0.338 e. The number of ether oxygens (including phenoxy) is 1. The van der Waals surface area contributed by atoms with Crippen molar-refractivity contribution in [2.75, 3.05) is 39.8 Å². The standard InChI is InChI=1S/C28H33FN4O4/c1-5-37-27(35)24-23(31(4)28(36)30-25(24)20-10-12-22(29)13-11-20)17-32-14-15-33(19(3)16-32)26(34)21-8-6-18(2)7-9-21/h6-13,19,25H,5,14-17H2,1-4H3,(H,30,36)/t19-,25-/m1/s1. The van der Waals surface area contributed by atoms with Gasteiger partial charge in [0.05, 0.1) is 18.2 Å². The summed E-state index contributed by atoms with van der Waals surface area (Å²) in [6, 6.07) is 12.1. The molecule has 0 bridgehead atoms. The maximum Gasteiger partial charge on any atom is 0.338 e. The second kappa shape index (κ2) is 11.1. The summed E-state index contributed by atoms with van der Waals surface area (Å²) in [5, 5.41) is 2.85. The number of carbonyl (C=O) groups is 3. The number of nitrogens with one attached hydrogen (secondary N) is 1. The molecule has 0 saturated carbocycles. The number of rotatable bonds is 6. The van der Waals surface area contributed by atoms with Crippen molar-refractivity contribution < 1.29 is 23.5 Å². The lowest BCUT2D eigenvalue weighted by atomic mass is 9.94. The predicted octanol–water partition coefficient (Wildman–Crippen LogP) is 3.49. The van der Waals surface area contributed by atoms with Crippen molar-refractivity contribution in [2.24, 2.45) is 0 Å². The molecule has 0 unspecified atom stereocenters. The van der Waals surface area contributed by atoms with Gasteiger partial charge in [-0.25, -0.2) is 14.0 Å². The van der Waals surface area contributed by atoms with Crippen molar-refractivity contribution in [1.29, 1.82) is 0 Å². The molecule has 2 aliphatic rings. The molecule has 2 atom stereocenters. The van der Waals surface area contributed by atoms with Gasteiger partial charge in [0.2, 0.25) is 0 Å². The number of halogens is 1. The largest absolute Gasteiger partial charge is 0.463 e. The lowest BCUT2D eigenvalue weighted by Crippen LogP contribution is -2.56. The Morgan fingerprint density at radius 3 is 2.38 bits per heavy atom. The molecule has 2 heterocycles. The molecule has 1 saturated heterocycles. The summed E-state index contributed by atoms with van der Waals surface area (Å²) in [6.07, 6.45) is 0. The zero-order chi connectivity index (χ0) is 26.7. The first kappa shape index (κ1) is 26.3. The minimum Gasteiger partial charge on any atom is -0.463 e. The number of hydrogen-bond acceptors (Lipinski definition) is 5. The molecule has 1 N–H and O–H groups in total. The topological polar surface area (TPSA) is 82.2 Å². The average Bonchev–Trinajstić information content (AvgIpc) is 2.87. The highest BCUT2D eigenvalue weighted by atomic mass is 19.1. The van der Waals surface area contributed by atoms with Crippen LogP contribution in [0, 0.1) is 12.7 Å². The van der Waals surface area contributed by atoms with Crippen molar-refractivity contribution in [3.63, 3.8) is 0 Å². The van der Waals surface area contributed by atoms with E-state index in [1.54, 1.807) is 26.1 Å². The van der Waals surface area contributed by atoms with Crippen molar-refractivity contribution in [3.8, 4) is 0 Å². The third kappa shape index (κ3) is 5.67. The van der Waals surface area contributed by atoms with Crippen LogP contribution < -0.4 is 5.32 Å². The molecule has 0 aliphatic carbocycles. The Bertz CT molecular complexity index is 1200. The Kier molecular flexibility index (Phi) is 7.92. The first-order valence-electron chi connectivity index (χ1n) is 12.5. The predicted molar refractivity (Wildman–Crippen MR) is 137 cm³/mol. The molecule has 0 radical (unpaired) electrons. The summed E-state index contributed by atoms with van der Waals surface area (Å²) < 4.78 is 18.9. The molecule has 3 amide bonds. The first-order valence-corrected chi connectivity index (χ1v) is 12.5. The van der Waals surface area contributed by atoms with E-state index in [1.807, 2.05) is 43.0 Å². The molecule has 2 aromatic rings. The lowest BCUT2D eigenvalue weighted by Gasteiger charge is -2.42. The van der Waals surface area contributed by atoms with Crippen molar-refractivity contribution >= 4 is 17.9 Å². The zero-order valence-corrected chi connectivity index (χ0v) is 21.7. The SMILES string of the molecule is CCOC(=O)C1=C(CN2CCN(C(=O)c3ccc(C)cc3)[C@H](C)C2)N(C)C(=O)N[C@@H]1c1ccc(F)cc1. The number of carbonyl (C=O) groups excluding carboxylic acids is 3. The van der Waals surface area contributed by atoms with Crippen LogP contribution in [0.15, 0.2) is 59.8 Å². The molecule has 8 nitrogen and oxygen atoms in total. The number of urea groups is 1. The Morgan fingerprint density at radius 2 is 1.76 bits per heavy atom. The second-order valence-corrected chi connectivity index (χ2v) is 9.52. The van der Waals surface area contributed by atoms with Crippen LogP contribution in [0.25, 0.3) is 0 Å². The number of esters is 1. The highest BCUT2D eigenvalue weighted by Gasteiger charge is 2.38. The Morgan fingerprint density at radius 1 is 1.08 bits per heavy atom. The Balaban J connectivity index is 1.59. The van der Waals surface area contributed by atoms with Crippen LogP contribution in [0.3, 0.4) is 0 Å². The average molecular weight is 509 g/mol. The summed E-state index contributed by atoms with van der Waals surface area (Å²) in [4.78, 5) is 44.6. The van der Waals surface area contributed by atoms with E-state index in [1.165, 1.54) is 17.0 Å². The van der Waals surface area contributed by atoms with Gasteiger partial charge in [-0.05, 0) is 50.6 Å². The van der Waals surface area contributed by atoms with Crippen LogP contribution in [0.4, 0.5) is 9.18 Å². The van der Waals surface area contributed by atoms with E-state index in [4.69, 9.17) is 4.74 Å². The van der Waals surface area contributed by atoms with Crippen LogP contribution in [-0.4, -0.2) is 78.5 Å². The quantitative estimate of drug-likeness (QED) is 0.604. The lowest BCUT2D eigenvalue weighted by molar-refractivity contribution is -0.139. The van der Waals surface area contributed by atoms with Gasteiger partial charge >= 0.3 is 12.0 Å². The van der Waals surface area contributed by atoms with Gasteiger partial charge in [0, 0.05) is 50.5 Å². The highest BCUT2D eigenvalue weighted by Crippen LogP contribution is 2.32. The fourth-order valence-corrected chi connectivity index (χ4v) is 4.86. The summed E-state index contributed by atoms with van der Waals surface area (Å²) in [5.74, 6) is -0.944. The molecule has 2 aromatic carbocycles. The van der Waals surface area contributed by atoms with Crippen LogP contribution in [0.5, 0.6) is 0 Å². The molecule has 37 heavy (non-hydrogen) atoms. The fraction of sp³-hybridized carbons (Fsp3) is 0.393. The van der Waals surface area contributed by atoms with Gasteiger partial charge in [0.15, 0.2) is 0 Å². The van der Waals surface area contributed by atoms with Gasteiger partial charge < -0.3 is 15.0 Å². The summed E-state index contributed by atoms with van der Waals surface area (Å²) in [5.41, 5.74) is 3.19. The molecule has 196 valence electrons. The van der Waals surface area contributed by atoms with Crippen LogP contribution in [0.1, 0.15) is 41.4 Å². The summed E-state index contributed by atoms with van der Waals surface area (Å²) >= 11 is 0. The minimum absolute atomic E-state index is 0.0101. The van der Waals surface area contributed by atoms with E-state index in [2.05, 4.69) is 10.2 Å². The van der Waals surface area contributed by atoms with Crippen molar-refractivity contribution in [1.82, 2.24) is 20.0 Å². The van der Waals surface area contributed by atoms with E-state index in [-0.39, 0.29) is 24.6 Å². The fourth-order valence-electron chi connectivity index (χ4n) is 4.86. The van der Waals surface area contributed by atoms with Gasteiger partial charge in [-0.15, -0.1) is 0 Å². The molecule has 0 aromatic heterocycles. The second-order valence-electron chi connectivity index (χ2n) is 9.52. The van der Waals surface area contributed by atoms with Gasteiger partial charge in [-0.2, -0.15) is 0 Å². The monoisotopic (exact) mass is 508 g/mol. The number of hydrogen-bond donors (Lipinski definition) is 1. The molecular formula is C28H33FN4O4. The third-order valence-electron chi connectivity index (χ3n) is 6.92. The maximum atomic E-state index is 13.6. The number of aryl methyl sites for hydroxylation is 1. The van der Waals surface area contributed by atoms with Crippen molar-refractivity contribution in [3.05, 3.63) is 82.3 Å². The number of piperazine rings is 1. The van der Waals surface area contributed by atoms with E-state index in [0.29, 0.717) is 48.6 Å². The van der Waals surface area contributed by atoms with Gasteiger partial charge in [-0.3, -0.25) is 14.6 Å². The van der Waals surface area contributed by atoms with Gasteiger partial charge in [0.1, 0.15) is 5.82 Å². The molecule has 9 heteroatoms. The van der Waals surface area contributed by atoms with Crippen molar-refractivity contribution in [2.45, 2.75) is 32.9 Å². The van der Waals surface area contributed by atoms with E-state index in [0.717, 1.165) is 5.56 Å². The van der Waals surface area contributed by atoms with Crippen LogP contribution >= 0.6 is 0 Å². The molecule has 2 aliphatic heterocycles. The number of likely N-dealkylation sites (N-methyl/N-ethyl adjacent to an activating group) is 1. The van der Waals surface area contributed by atoms with E-state index in [9.17, 15) is 18.8 Å². The Labute approximate surface area is 216 Å². The molecule has 0 spiro atoms. The zero-order valence-electron chi connectivity index (χ0n) is 21.7. The van der Waals surface area contributed by atoms with E-state index < -0.39 is 17.8 Å². The number of nitrogens with zero attached hydrogens (tertiary/aromatic N) is 3. The molecule has 1 fully saturated rings. The first-order chi connectivity index (χ1) is 17.7. The maximum absolute atomic E-state index is 13.6. The third-order valence-corrected chi connectivity index (χ3v) is 6.92. The minimum atomic E-state index is -0.764. The number of benzene rings is 2. The highest BCUT2D eigenvalue weighted by molar-refractivity contribution is 5.95. The van der Waals surface area contributed by atoms with E-state index >= 15 is 0 Å². The Hall–Kier alpha value is -3.72.